The highest BCUT2D eigenvalue weighted by molar-refractivity contribution is 5.84. The maximum atomic E-state index is 11.0. The molecule has 0 bridgehead atoms. The first kappa shape index (κ1) is 12.6. The van der Waals surface area contributed by atoms with E-state index < -0.39 is 5.69 Å². The average molecular weight is 261 g/mol. The van der Waals surface area contributed by atoms with Crippen molar-refractivity contribution >= 4 is 12.0 Å². The number of aryl methyl sites for hydroxylation is 1. The molecule has 0 amide bonds. The summed E-state index contributed by atoms with van der Waals surface area (Å²) in [5.74, 6) is 0.0662. The molecule has 0 atom stereocenters. The Bertz CT molecular complexity index is 680. The highest BCUT2D eigenvalue weighted by Crippen LogP contribution is 2.20. The molecule has 4 N–H and O–H groups in total. The minimum Gasteiger partial charge on any atom is -0.508 e. The van der Waals surface area contributed by atoms with Gasteiger partial charge in [0.05, 0.1) is 6.21 Å². The molecular formula is C11H11N5O3. The third-order valence-electron chi connectivity index (χ3n) is 2.26. The lowest BCUT2D eigenvalue weighted by Gasteiger charge is -2.01. The molecule has 1 aromatic carbocycles. The predicted molar refractivity (Wildman–Crippen MR) is 68.4 cm³/mol. The minimum absolute atomic E-state index is 0.0427. The third-order valence-corrected chi connectivity index (χ3v) is 2.26. The molecule has 1 aromatic heterocycles. The maximum Gasteiger partial charge on any atom is 0.363 e. The van der Waals surface area contributed by atoms with Crippen LogP contribution in [0.25, 0.3) is 0 Å². The van der Waals surface area contributed by atoms with Crippen LogP contribution in [0.2, 0.25) is 0 Å². The molecule has 0 unspecified atom stereocenters. The number of aromatic amines is 1. The zero-order valence-electron chi connectivity index (χ0n) is 9.95. The van der Waals surface area contributed by atoms with Crippen molar-refractivity contribution in [2.75, 3.05) is 5.43 Å². The van der Waals surface area contributed by atoms with Gasteiger partial charge in [0.15, 0.2) is 5.82 Å². The summed E-state index contributed by atoms with van der Waals surface area (Å²) in [6, 6.07) is 4.10. The molecule has 0 aliphatic carbocycles. The predicted octanol–water partition coefficient (Wildman–Crippen LogP) is 0.331. The van der Waals surface area contributed by atoms with E-state index in [-0.39, 0.29) is 17.3 Å². The summed E-state index contributed by atoms with van der Waals surface area (Å²) in [4.78, 5) is 14.6. The van der Waals surface area contributed by atoms with Crippen molar-refractivity contribution in [3.63, 3.8) is 0 Å². The van der Waals surface area contributed by atoms with Gasteiger partial charge >= 0.3 is 5.69 Å². The van der Waals surface area contributed by atoms with Gasteiger partial charge < -0.3 is 10.2 Å². The lowest BCUT2D eigenvalue weighted by Crippen LogP contribution is -2.15. The molecule has 2 rings (SSSR count). The molecule has 0 spiro atoms. The van der Waals surface area contributed by atoms with Gasteiger partial charge in [-0.1, -0.05) is 0 Å². The van der Waals surface area contributed by atoms with Crippen LogP contribution in [-0.4, -0.2) is 31.6 Å². The molecule has 0 fully saturated rings. The SMILES string of the molecule is Cc1n[nH]c(=O)nc1NN=Cc1ccc(O)cc1O. The van der Waals surface area contributed by atoms with E-state index in [4.69, 9.17) is 5.11 Å². The molecule has 19 heavy (non-hydrogen) atoms. The number of aromatic nitrogens is 3. The maximum absolute atomic E-state index is 11.0. The number of phenolic OH excluding ortho intramolecular Hbond substituents is 2. The number of hydrogen-bond acceptors (Lipinski definition) is 7. The van der Waals surface area contributed by atoms with E-state index in [1.807, 2.05) is 0 Å². The number of benzene rings is 1. The number of hydrazone groups is 1. The van der Waals surface area contributed by atoms with Crippen LogP contribution < -0.4 is 11.1 Å². The number of anilines is 1. The summed E-state index contributed by atoms with van der Waals surface area (Å²) in [7, 11) is 0. The van der Waals surface area contributed by atoms with Crippen LogP contribution in [-0.2, 0) is 0 Å². The molecule has 0 saturated heterocycles. The van der Waals surface area contributed by atoms with Crippen LogP contribution in [0.3, 0.4) is 0 Å². The zero-order chi connectivity index (χ0) is 13.8. The fourth-order valence-electron chi connectivity index (χ4n) is 1.30. The van der Waals surface area contributed by atoms with Gasteiger partial charge in [-0.3, -0.25) is 5.43 Å². The van der Waals surface area contributed by atoms with Crippen LogP contribution in [0.15, 0.2) is 28.1 Å². The molecule has 0 radical (unpaired) electrons. The lowest BCUT2D eigenvalue weighted by molar-refractivity contribution is 0.450. The highest BCUT2D eigenvalue weighted by atomic mass is 16.3. The van der Waals surface area contributed by atoms with Crippen molar-refractivity contribution in [1.82, 2.24) is 15.2 Å². The van der Waals surface area contributed by atoms with Crippen LogP contribution in [0.1, 0.15) is 11.3 Å². The van der Waals surface area contributed by atoms with Gasteiger partial charge in [-0.05, 0) is 19.1 Å². The van der Waals surface area contributed by atoms with E-state index in [0.29, 0.717) is 11.3 Å². The van der Waals surface area contributed by atoms with Crippen LogP contribution >= 0.6 is 0 Å². The van der Waals surface area contributed by atoms with Crippen molar-refractivity contribution in [3.05, 3.63) is 39.9 Å². The molecule has 0 aliphatic heterocycles. The molecular weight excluding hydrogens is 250 g/mol. The minimum atomic E-state index is -0.587. The smallest absolute Gasteiger partial charge is 0.363 e. The van der Waals surface area contributed by atoms with E-state index in [2.05, 4.69) is 25.7 Å². The van der Waals surface area contributed by atoms with E-state index >= 15 is 0 Å². The van der Waals surface area contributed by atoms with Crippen molar-refractivity contribution in [2.45, 2.75) is 6.92 Å². The van der Waals surface area contributed by atoms with Crippen LogP contribution in [0.5, 0.6) is 11.5 Å². The fraction of sp³-hybridized carbons (Fsp3) is 0.0909. The Labute approximate surface area is 107 Å². The standard InChI is InChI=1S/C11H11N5O3/c1-6-10(13-11(19)16-14-6)15-12-5-7-2-3-8(17)4-9(7)18/h2-5,17-18H,1H3,(H2,13,15,16,19). The Morgan fingerprint density at radius 3 is 2.95 bits per heavy atom. The van der Waals surface area contributed by atoms with Gasteiger partial charge in [0.25, 0.3) is 0 Å². The van der Waals surface area contributed by atoms with Gasteiger partial charge in [0.2, 0.25) is 0 Å². The fourth-order valence-corrected chi connectivity index (χ4v) is 1.30. The molecule has 98 valence electrons. The summed E-state index contributed by atoms with van der Waals surface area (Å²) in [5, 5.41) is 28.4. The summed E-state index contributed by atoms with van der Waals surface area (Å²) < 4.78 is 0. The Kier molecular flexibility index (Phi) is 3.42. The van der Waals surface area contributed by atoms with Crippen molar-refractivity contribution in [1.29, 1.82) is 0 Å². The van der Waals surface area contributed by atoms with E-state index in [1.54, 1.807) is 6.92 Å². The number of hydrogen-bond donors (Lipinski definition) is 4. The highest BCUT2D eigenvalue weighted by Gasteiger charge is 2.01. The van der Waals surface area contributed by atoms with Gasteiger partial charge in [0.1, 0.15) is 17.2 Å². The summed E-state index contributed by atoms with van der Waals surface area (Å²) in [5.41, 5.74) is 2.84. The first-order valence-corrected chi connectivity index (χ1v) is 5.30. The quantitative estimate of drug-likeness (QED) is 0.466. The van der Waals surface area contributed by atoms with E-state index in [0.717, 1.165) is 0 Å². The number of nitrogens with one attached hydrogen (secondary N) is 2. The first-order valence-electron chi connectivity index (χ1n) is 5.30. The molecule has 8 heteroatoms. The second-order valence-electron chi connectivity index (χ2n) is 3.69. The Balaban J connectivity index is 2.15. The number of aromatic hydroxyl groups is 2. The second kappa shape index (κ2) is 5.17. The number of phenols is 2. The van der Waals surface area contributed by atoms with Crippen LogP contribution in [0.4, 0.5) is 5.82 Å². The summed E-state index contributed by atoms with van der Waals surface area (Å²) in [6.45, 7) is 1.65. The number of nitrogens with zero attached hydrogens (tertiary/aromatic N) is 3. The third kappa shape index (κ3) is 3.06. The zero-order valence-corrected chi connectivity index (χ0v) is 9.95. The van der Waals surface area contributed by atoms with Crippen molar-refractivity contribution < 1.29 is 10.2 Å². The Morgan fingerprint density at radius 1 is 1.42 bits per heavy atom. The number of rotatable bonds is 3. The van der Waals surface area contributed by atoms with E-state index in [1.165, 1.54) is 24.4 Å². The molecule has 8 nitrogen and oxygen atoms in total. The second-order valence-corrected chi connectivity index (χ2v) is 3.69. The lowest BCUT2D eigenvalue weighted by atomic mass is 10.2. The van der Waals surface area contributed by atoms with Gasteiger partial charge in [-0.2, -0.15) is 15.2 Å². The van der Waals surface area contributed by atoms with Gasteiger partial charge in [-0.15, -0.1) is 0 Å². The Hall–Kier alpha value is -2.90. The van der Waals surface area contributed by atoms with E-state index in [9.17, 15) is 9.90 Å². The van der Waals surface area contributed by atoms with Crippen molar-refractivity contribution in [3.8, 4) is 11.5 Å². The number of H-pyrrole nitrogens is 1. The topological polar surface area (TPSA) is 123 Å². The molecule has 0 saturated carbocycles. The van der Waals surface area contributed by atoms with Gasteiger partial charge in [0, 0.05) is 11.6 Å². The largest absolute Gasteiger partial charge is 0.508 e. The van der Waals surface area contributed by atoms with Crippen LogP contribution in [0, 0.1) is 6.92 Å². The van der Waals surface area contributed by atoms with Crippen molar-refractivity contribution in [2.24, 2.45) is 5.10 Å². The monoisotopic (exact) mass is 261 g/mol. The molecule has 1 heterocycles. The Morgan fingerprint density at radius 2 is 2.21 bits per heavy atom. The average Bonchev–Trinajstić information content (AvgIpc) is 2.36. The molecule has 0 aliphatic rings. The summed E-state index contributed by atoms with van der Waals surface area (Å²) >= 11 is 0. The normalized spacial score (nSPS) is 10.8. The van der Waals surface area contributed by atoms with Gasteiger partial charge in [-0.25, -0.2) is 9.89 Å². The first-order chi connectivity index (χ1) is 9.06. The molecule has 2 aromatic rings. The summed E-state index contributed by atoms with van der Waals surface area (Å²) in [6.07, 6.45) is 1.33.